The van der Waals surface area contributed by atoms with Crippen LogP contribution in [0, 0.1) is 13.8 Å². The number of aromatic nitrogens is 4. The topological polar surface area (TPSA) is 60.7 Å². The molecule has 2 aromatic carbocycles. The maximum Gasteiger partial charge on any atom is 0.227 e. The predicted molar refractivity (Wildman–Crippen MR) is 85.3 cm³/mol. The molecule has 0 unspecified atom stereocenters. The van der Waals surface area contributed by atoms with E-state index in [9.17, 15) is 4.79 Å². The van der Waals surface area contributed by atoms with Gasteiger partial charge in [-0.25, -0.2) is 0 Å². The average molecular weight is 310 g/mol. The van der Waals surface area contributed by atoms with E-state index < -0.39 is 0 Å². The fraction of sp³-hybridized carbons (Fsp3) is 0.125. The van der Waals surface area contributed by atoms with Crippen molar-refractivity contribution in [3.63, 3.8) is 0 Å². The SMILES string of the molecule is Cc1cccc(C)c1-n1nnnc1SC(=O)c1ccccc1. The maximum absolute atomic E-state index is 12.3. The highest BCUT2D eigenvalue weighted by Crippen LogP contribution is 2.25. The van der Waals surface area contributed by atoms with Gasteiger partial charge < -0.3 is 0 Å². The van der Waals surface area contributed by atoms with Crippen LogP contribution in [0.25, 0.3) is 5.69 Å². The molecule has 6 heteroatoms. The van der Waals surface area contributed by atoms with E-state index in [1.165, 1.54) is 0 Å². The number of thioether (sulfide) groups is 1. The van der Waals surface area contributed by atoms with Crippen LogP contribution < -0.4 is 0 Å². The average Bonchev–Trinajstić information content (AvgIpc) is 2.96. The normalized spacial score (nSPS) is 10.6. The lowest BCUT2D eigenvalue weighted by Gasteiger charge is -2.10. The van der Waals surface area contributed by atoms with Crippen LogP contribution >= 0.6 is 11.8 Å². The first kappa shape index (κ1) is 14.5. The molecule has 22 heavy (non-hydrogen) atoms. The number of benzene rings is 2. The third-order valence-electron chi connectivity index (χ3n) is 3.29. The van der Waals surface area contributed by atoms with Crippen LogP contribution in [0.15, 0.2) is 53.7 Å². The van der Waals surface area contributed by atoms with E-state index in [1.54, 1.807) is 16.8 Å². The lowest BCUT2D eigenvalue weighted by atomic mass is 10.1. The van der Waals surface area contributed by atoms with Gasteiger partial charge in [0.05, 0.1) is 5.69 Å². The van der Waals surface area contributed by atoms with E-state index >= 15 is 0 Å². The van der Waals surface area contributed by atoms with Crippen LogP contribution in [0.2, 0.25) is 0 Å². The van der Waals surface area contributed by atoms with Gasteiger partial charge >= 0.3 is 0 Å². The van der Waals surface area contributed by atoms with Gasteiger partial charge in [-0.3, -0.25) is 4.79 Å². The Morgan fingerprint density at radius 1 is 1.00 bits per heavy atom. The largest absolute Gasteiger partial charge is 0.281 e. The van der Waals surface area contributed by atoms with E-state index in [1.807, 2.05) is 50.2 Å². The summed E-state index contributed by atoms with van der Waals surface area (Å²) < 4.78 is 1.62. The van der Waals surface area contributed by atoms with Crippen LogP contribution in [0.5, 0.6) is 0 Å². The Hall–Kier alpha value is -2.47. The number of para-hydroxylation sites is 1. The second kappa shape index (κ2) is 6.11. The summed E-state index contributed by atoms with van der Waals surface area (Å²) in [5, 5.41) is 12.1. The minimum Gasteiger partial charge on any atom is -0.281 e. The third-order valence-corrected chi connectivity index (χ3v) is 4.14. The molecule has 5 nitrogen and oxygen atoms in total. The van der Waals surface area contributed by atoms with Gasteiger partial charge in [0.25, 0.3) is 0 Å². The molecule has 1 heterocycles. The lowest BCUT2D eigenvalue weighted by molar-refractivity contribution is 0.108. The molecule has 0 aliphatic carbocycles. The van der Waals surface area contributed by atoms with Crippen molar-refractivity contribution in [3.8, 4) is 5.69 Å². The quantitative estimate of drug-likeness (QED) is 0.695. The molecule has 110 valence electrons. The van der Waals surface area contributed by atoms with Gasteiger partial charge in [-0.15, -0.1) is 5.10 Å². The molecule has 3 aromatic rings. The van der Waals surface area contributed by atoms with Crippen LogP contribution in [0.3, 0.4) is 0 Å². The van der Waals surface area contributed by atoms with Crippen molar-refractivity contribution in [1.29, 1.82) is 0 Å². The monoisotopic (exact) mass is 310 g/mol. The van der Waals surface area contributed by atoms with Crippen LogP contribution in [-0.2, 0) is 0 Å². The highest BCUT2D eigenvalue weighted by Gasteiger charge is 2.17. The summed E-state index contributed by atoms with van der Waals surface area (Å²) in [6.45, 7) is 3.99. The molecular weight excluding hydrogens is 296 g/mol. The molecule has 0 N–H and O–H groups in total. The Morgan fingerprint density at radius 2 is 1.68 bits per heavy atom. The van der Waals surface area contributed by atoms with Crippen molar-refractivity contribution in [2.75, 3.05) is 0 Å². The summed E-state index contributed by atoms with van der Waals surface area (Å²) in [6, 6.07) is 15.1. The minimum atomic E-state index is -0.0807. The predicted octanol–water partition coefficient (Wildman–Crippen LogP) is 3.21. The Morgan fingerprint density at radius 3 is 2.36 bits per heavy atom. The number of nitrogens with zero attached hydrogens (tertiary/aromatic N) is 4. The number of hydrogen-bond donors (Lipinski definition) is 0. The van der Waals surface area contributed by atoms with Crippen LogP contribution in [-0.4, -0.2) is 25.3 Å². The molecule has 0 aliphatic heterocycles. The molecule has 0 bridgehead atoms. The summed E-state index contributed by atoms with van der Waals surface area (Å²) >= 11 is 1.03. The molecule has 1 aromatic heterocycles. The molecule has 0 saturated heterocycles. The first-order chi connectivity index (χ1) is 10.7. The van der Waals surface area contributed by atoms with Crippen LogP contribution in [0.1, 0.15) is 21.5 Å². The van der Waals surface area contributed by atoms with Crippen molar-refractivity contribution in [2.24, 2.45) is 0 Å². The van der Waals surface area contributed by atoms with E-state index in [0.29, 0.717) is 10.7 Å². The van der Waals surface area contributed by atoms with E-state index in [0.717, 1.165) is 28.6 Å². The second-order valence-corrected chi connectivity index (χ2v) is 5.81. The summed E-state index contributed by atoms with van der Waals surface area (Å²) in [4.78, 5) is 12.3. The van der Waals surface area contributed by atoms with Gasteiger partial charge in [-0.05, 0) is 47.2 Å². The first-order valence-electron chi connectivity index (χ1n) is 6.79. The summed E-state index contributed by atoms with van der Waals surface area (Å²) in [5.41, 5.74) is 3.65. The van der Waals surface area contributed by atoms with E-state index in [4.69, 9.17) is 0 Å². The van der Waals surface area contributed by atoms with Crippen molar-refractivity contribution in [3.05, 3.63) is 65.2 Å². The number of rotatable bonds is 3. The molecule has 0 saturated carbocycles. The molecular formula is C16H14N4OS. The third kappa shape index (κ3) is 2.78. The Labute approximate surface area is 132 Å². The highest BCUT2D eigenvalue weighted by molar-refractivity contribution is 8.14. The number of tetrazole rings is 1. The smallest absolute Gasteiger partial charge is 0.227 e. The van der Waals surface area contributed by atoms with E-state index in [2.05, 4.69) is 15.5 Å². The number of carbonyl (C=O) groups excluding carboxylic acids is 1. The van der Waals surface area contributed by atoms with E-state index in [-0.39, 0.29) is 5.12 Å². The summed E-state index contributed by atoms with van der Waals surface area (Å²) in [7, 11) is 0. The Bertz CT molecular complexity index is 794. The molecule has 0 spiro atoms. The first-order valence-corrected chi connectivity index (χ1v) is 7.60. The standard InChI is InChI=1S/C16H14N4OS/c1-11-7-6-8-12(2)14(11)20-16(17-18-19-20)22-15(21)13-9-4-3-5-10-13/h3-10H,1-2H3. The summed E-state index contributed by atoms with van der Waals surface area (Å²) in [6.07, 6.45) is 0. The number of aryl methyl sites for hydroxylation is 2. The molecule has 3 rings (SSSR count). The fourth-order valence-electron chi connectivity index (χ4n) is 2.24. The minimum absolute atomic E-state index is 0.0807. The van der Waals surface area contributed by atoms with Gasteiger partial charge in [0, 0.05) is 5.56 Å². The van der Waals surface area contributed by atoms with Gasteiger partial charge in [-0.2, -0.15) is 4.68 Å². The Kier molecular flexibility index (Phi) is 4.02. The summed E-state index contributed by atoms with van der Waals surface area (Å²) in [5.74, 6) is 0. The van der Waals surface area contributed by atoms with Gasteiger partial charge in [0.2, 0.25) is 10.3 Å². The molecule has 0 aliphatic rings. The van der Waals surface area contributed by atoms with Crippen molar-refractivity contribution < 1.29 is 4.79 Å². The zero-order valence-corrected chi connectivity index (χ0v) is 13.0. The zero-order chi connectivity index (χ0) is 15.5. The van der Waals surface area contributed by atoms with Crippen molar-refractivity contribution in [2.45, 2.75) is 19.0 Å². The maximum atomic E-state index is 12.3. The van der Waals surface area contributed by atoms with Crippen molar-refractivity contribution in [1.82, 2.24) is 20.2 Å². The lowest BCUT2D eigenvalue weighted by Crippen LogP contribution is -2.05. The second-order valence-electron chi connectivity index (χ2n) is 4.87. The van der Waals surface area contributed by atoms with Gasteiger partial charge in [-0.1, -0.05) is 48.5 Å². The molecule has 0 amide bonds. The van der Waals surface area contributed by atoms with Gasteiger partial charge in [0.1, 0.15) is 0 Å². The zero-order valence-electron chi connectivity index (χ0n) is 12.2. The van der Waals surface area contributed by atoms with Crippen LogP contribution in [0.4, 0.5) is 0 Å². The number of hydrogen-bond acceptors (Lipinski definition) is 5. The van der Waals surface area contributed by atoms with Crippen molar-refractivity contribution >= 4 is 16.9 Å². The van der Waals surface area contributed by atoms with Gasteiger partial charge in [0.15, 0.2) is 0 Å². The highest BCUT2D eigenvalue weighted by atomic mass is 32.2. The molecule has 0 radical (unpaired) electrons. The Balaban J connectivity index is 1.95. The fourth-order valence-corrected chi connectivity index (χ4v) is 2.95. The number of carbonyl (C=O) groups is 1. The molecule has 0 fully saturated rings. The molecule has 0 atom stereocenters.